The molecule has 0 aliphatic carbocycles. The van der Waals surface area contributed by atoms with Gasteiger partial charge in [0.2, 0.25) is 0 Å². The zero-order chi connectivity index (χ0) is 7.98. The molecule has 10 heavy (non-hydrogen) atoms. The lowest BCUT2D eigenvalue weighted by molar-refractivity contribution is 0.193. The molecule has 0 aliphatic heterocycles. The third-order valence-corrected chi connectivity index (χ3v) is 1.14. The van der Waals surface area contributed by atoms with Gasteiger partial charge in [-0.2, -0.15) is 0 Å². The fraction of sp³-hybridized carbons (Fsp3) is 0.333. The molecule has 0 aliphatic rings. The summed E-state index contributed by atoms with van der Waals surface area (Å²) < 4.78 is 0. The van der Waals surface area contributed by atoms with Crippen LogP contribution in [0, 0.1) is 12.3 Å². The minimum atomic E-state index is -1.11. The third-order valence-electron chi connectivity index (χ3n) is 0.811. The number of carboxylic acid groups (broad SMARTS) is 1. The van der Waals surface area contributed by atoms with Crippen molar-refractivity contribution in [2.24, 2.45) is 0 Å². The maximum absolute atomic E-state index is 10.00. The Hall–Kier alpha value is -1.08. The summed E-state index contributed by atoms with van der Waals surface area (Å²) in [7, 11) is 0. The molecule has 0 radical (unpaired) electrons. The molecule has 0 aromatic rings. The van der Waals surface area contributed by atoms with Crippen LogP contribution in [0.15, 0.2) is 0 Å². The monoisotopic (exact) mass is 157 g/mol. The van der Waals surface area contributed by atoms with Gasteiger partial charge in [0.25, 0.3) is 0 Å². The van der Waals surface area contributed by atoms with E-state index in [-0.39, 0.29) is 0 Å². The molecular formula is C6H7NO2S. The van der Waals surface area contributed by atoms with Crippen LogP contribution in [0.5, 0.6) is 0 Å². The summed E-state index contributed by atoms with van der Waals surface area (Å²) in [6.07, 6.45) is 4.12. The van der Waals surface area contributed by atoms with Gasteiger partial charge in [0.1, 0.15) is 0 Å². The molecular weight excluding hydrogens is 150 g/mol. The van der Waals surface area contributed by atoms with Crippen molar-refractivity contribution in [2.45, 2.75) is 12.5 Å². The molecule has 0 saturated carbocycles. The number of hydrogen-bond acceptors (Lipinski definition) is 2. The molecule has 4 heteroatoms. The largest absolute Gasteiger partial charge is 0.465 e. The fourth-order valence-corrected chi connectivity index (χ4v) is 0.583. The normalized spacial score (nSPS) is 11.1. The van der Waals surface area contributed by atoms with E-state index in [1.807, 2.05) is 0 Å². The van der Waals surface area contributed by atoms with Crippen molar-refractivity contribution in [3.05, 3.63) is 0 Å². The van der Waals surface area contributed by atoms with E-state index >= 15 is 0 Å². The van der Waals surface area contributed by atoms with E-state index in [2.05, 4.69) is 23.5 Å². The molecule has 54 valence electrons. The van der Waals surface area contributed by atoms with E-state index in [4.69, 9.17) is 11.5 Å². The van der Waals surface area contributed by atoms with Gasteiger partial charge in [-0.3, -0.25) is 0 Å². The molecule has 0 aromatic heterocycles. The molecule has 0 rings (SSSR count). The lowest BCUT2D eigenvalue weighted by Crippen LogP contribution is -2.33. The number of terminal acetylenes is 1. The van der Waals surface area contributed by atoms with Crippen molar-refractivity contribution in [2.75, 3.05) is 0 Å². The van der Waals surface area contributed by atoms with Gasteiger partial charge in [0.15, 0.2) is 0 Å². The van der Waals surface area contributed by atoms with Crippen molar-refractivity contribution in [3.63, 3.8) is 0 Å². The highest BCUT2D eigenvalue weighted by atomic mass is 32.1. The molecule has 3 nitrogen and oxygen atoms in total. The van der Waals surface area contributed by atoms with E-state index < -0.39 is 12.1 Å². The van der Waals surface area contributed by atoms with Crippen LogP contribution in [0.2, 0.25) is 0 Å². The molecule has 0 spiro atoms. The van der Waals surface area contributed by atoms with E-state index in [0.29, 0.717) is 6.42 Å². The summed E-state index contributed by atoms with van der Waals surface area (Å²) >= 11 is 4.51. The third kappa shape index (κ3) is 3.87. The highest BCUT2D eigenvalue weighted by molar-refractivity contribution is 7.79. The van der Waals surface area contributed by atoms with Crippen LogP contribution in [0.4, 0.5) is 4.79 Å². The van der Waals surface area contributed by atoms with E-state index in [1.165, 1.54) is 5.37 Å². The minimum Gasteiger partial charge on any atom is -0.465 e. The number of rotatable bonds is 3. The second-order valence-corrected chi connectivity index (χ2v) is 1.87. The van der Waals surface area contributed by atoms with E-state index in [0.717, 1.165) is 0 Å². The summed E-state index contributed by atoms with van der Waals surface area (Å²) in [5.41, 5.74) is 0. The summed E-state index contributed by atoms with van der Waals surface area (Å²) in [6, 6.07) is -0.405. The first kappa shape index (κ1) is 8.92. The van der Waals surface area contributed by atoms with Gasteiger partial charge in [-0.25, -0.2) is 4.79 Å². The number of carbonyl (C=O) groups is 1. The van der Waals surface area contributed by atoms with Crippen molar-refractivity contribution in [1.29, 1.82) is 0 Å². The summed E-state index contributed by atoms with van der Waals surface area (Å²) in [4.78, 5) is 10.00. The van der Waals surface area contributed by atoms with Crippen LogP contribution in [0.1, 0.15) is 6.42 Å². The highest BCUT2D eigenvalue weighted by Crippen LogP contribution is 1.85. The van der Waals surface area contributed by atoms with Crippen LogP contribution < -0.4 is 5.32 Å². The predicted molar refractivity (Wildman–Crippen MR) is 42.1 cm³/mol. The molecule has 1 unspecified atom stereocenters. The second kappa shape index (κ2) is 4.77. The zero-order valence-corrected chi connectivity index (χ0v) is 6.02. The molecule has 0 aromatic carbocycles. The molecule has 1 amide bonds. The van der Waals surface area contributed by atoms with Gasteiger partial charge in [-0.1, -0.05) is 12.2 Å². The first-order chi connectivity index (χ1) is 4.70. The lowest BCUT2D eigenvalue weighted by Gasteiger charge is -2.05. The minimum absolute atomic E-state index is 0.301. The number of amides is 1. The quantitative estimate of drug-likeness (QED) is 0.467. The van der Waals surface area contributed by atoms with Crippen LogP contribution in [0.25, 0.3) is 0 Å². The Labute approximate surface area is 64.4 Å². The van der Waals surface area contributed by atoms with Gasteiger partial charge in [-0.15, -0.1) is 12.3 Å². The van der Waals surface area contributed by atoms with Gasteiger partial charge in [0.05, 0.1) is 6.04 Å². The molecule has 0 fully saturated rings. The molecule has 0 saturated heterocycles. The topological polar surface area (TPSA) is 49.3 Å². The summed E-state index contributed by atoms with van der Waals surface area (Å²) in [5.74, 6) is 2.30. The molecule has 0 bridgehead atoms. The van der Waals surface area contributed by atoms with Gasteiger partial charge >= 0.3 is 6.09 Å². The number of hydrogen-bond donors (Lipinski definition) is 2. The van der Waals surface area contributed by atoms with E-state index in [9.17, 15) is 4.79 Å². The maximum atomic E-state index is 10.00. The average Bonchev–Trinajstić information content (AvgIpc) is 1.86. The van der Waals surface area contributed by atoms with E-state index in [1.54, 1.807) is 0 Å². The molecule has 1 atom stereocenters. The van der Waals surface area contributed by atoms with Crippen molar-refractivity contribution in [3.8, 4) is 12.3 Å². The SMILES string of the molecule is C#CCC(C=S)NC(=O)O. The van der Waals surface area contributed by atoms with Gasteiger partial charge in [-0.05, 0) is 0 Å². The Morgan fingerprint density at radius 3 is 2.90 bits per heavy atom. The van der Waals surface area contributed by atoms with Crippen LogP contribution in [0.3, 0.4) is 0 Å². The Balaban J connectivity index is 3.73. The standard InChI is InChI=1S/C6H7NO2S/c1-2-3-5(4-10)7-6(8)9/h1,4-5,7H,3H2,(H,8,9). The van der Waals surface area contributed by atoms with Crippen molar-refractivity contribution >= 4 is 23.7 Å². The summed E-state index contributed by atoms with van der Waals surface area (Å²) in [6.45, 7) is 0. The van der Waals surface area contributed by atoms with Crippen LogP contribution in [-0.4, -0.2) is 22.6 Å². The second-order valence-electron chi connectivity index (χ2n) is 1.60. The molecule has 2 N–H and O–H groups in total. The Morgan fingerprint density at radius 2 is 2.60 bits per heavy atom. The first-order valence-corrected chi connectivity index (χ1v) is 3.06. The first-order valence-electron chi connectivity index (χ1n) is 2.59. The van der Waals surface area contributed by atoms with Gasteiger partial charge < -0.3 is 10.4 Å². The Kier molecular flexibility index (Phi) is 4.25. The fourth-order valence-electron chi connectivity index (χ4n) is 0.419. The average molecular weight is 157 g/mol. The van der Waals surface area contributed by atoms with Crippen LogP contribution in [-0.2, 0) is 0 Å². The number of nitrogens with one attached hydrogen (secondary N) is 1. The predicted octanol–water partition coefficient (Wildman–Crippen LogP) is 0.646. The summed E-state index contributed by atoms with van der Waals surface area (Å²) in [5, 5.41) is 11.6. The van der Waals surface area contributed by atoms with Crippen molar-refractivity contribution < 1.29 is 9.90 Å². The van der Waals surface area contributed by atoms with Crippen molar-refractivity contribution in [1.82, 2.24) is 5.32 Å². The Morgan fingerprint density at radius 1 is 2.00 bits per heavy atom. The van der Waals surface area contributed by atoms with Gasteiger partial charge in [0, 0.05) is 11.8 Å². The smallest absolute Gasteiger partial charge is 0.405 e. The highest BCUT2D eigenvalue weighted by Gasteiger charge is 2.04. The zero-order valence-electron chi connectivity index (χ0n) is 5.20. The van der Waals surface area contributed by atoms with Crippen LogP contribution >= 0.6 is 12.2 Å². The maximum Gasteiger partial charge on any atom is 0.405 e. The lowest BCUT2D eigenvalue weighted by atomic mass is 10.2. The number of thiocarbonyl (C=S) groups is 1. The Bertz CT molecular complexity index is 173. The molecule has 0 heterocycles.